The van der Waals surface area contributed by atoms with E-state index in [2.05, 4.69) is 10.1 Å². The standard InChI is InChI=1S/C15H12FN3O2/c1-8-13-11(15(20)21)7-12(17-14(13)19(2)18-8)9-3-5-10(16)6-4-9/h3-7H,1-2H3,(H,20,21). The summed E-state index contributed by atoms with van der Waals surface area (Å²) in [4.78, 5) is 15.9. The Hall–Kier alpha value is -2.76. The summed E-state index contributed by atoms with van der Waals surface area (Å²) in [5.41, 5.74) is 2.38. The molecule has 1 aromatic carbocycles. The largest absolute Gasteiger partial charge is 0.478 e. The van der Waals surface area contributed by atoms with Gasteiger partial charge in [0.15, 0.2) is 5.65 Å². The minimum absolute atomic E-state index is 0.143. The molecule has 2 aromatic heterocycles. The molecule has 0 saturated carbocycles. The first-order valence-corrected chi connectivity index (χ1v) is 6.31. The van der Waals surface area contributed by atoms with Gasteiger partial charge in [-0.05, 0) is 37.3 Å². The van der Waals surface area contributed by atoms with Gasteiger partial charge in [-0.15, -0.1) is 0 Å². The van der Waals surface area contributed by atoms with Crippen LogP contribution in [0.4, 0.5) is 4.39 Å². The van der Waals surface area contributed by atoms with Crippen molar-refractivity contribution < 1.29 is 14.3 Å². The molecule has 0 unspecified atom stereocenters. The molecule has 21 heavy (non-hydrogen) atoms. The summed E-state index contributed by atoms with van der Waals surface area (Å²) < 4.78 is 14.5. The summed E-state index contributed by atoms with van der Waals surface area (Å²) in [6, 6.07) is 7.26. The SMILES string of the molecule is Cc1nn(C)c2nc(-c3ccc(F)cc3)cc(C(=O)O)c12. The molecule has 1 N–H and O–H groups in total. The molecule has 106 valence electrons. The van der Waals surface area contributed by atoms with Crippen LogP contribution in [-0.4, -0.2) is 25.8 Å². The Kier molecular flexibility index (Phi) is 2.94. The number of fused-ring (bicyclic) bond motifs is 1. The first-order valence-electron chi connectivity index (χ1n) is 6.31. The van der Waals surface area contributed by atoms with E-state index in [1.807, 2.05) is 0 Å². The van der Waals surface area contributed by atoms with Crippen LogP contribution in [0.1, 0.15) is 16.1 Å². The fourth-order valence-corrected chi connectivity index (χ4v) is 2.38. The fourth-order valence-electron chi connectivity index (χ4n) is 2.38. The molecule has 0 aliphatic carbocycles. The van der Waals surface area contributed by atoms with E-state index in [-0.39, 0.29) is 11.4 Å². The van der Waals surface area contributed by atoms with Crippen LogP contribution in [0.3, 0.4) is 0 Å². The topological polar surface area (TPSA) is 68.0 Å². The zero-order valence-electron chi connectivity index (χ0n) is 11.5. The highest BCUT2D eigenvalue weighted by Crippen LogP contribution is 2.26. The van der Waals surface area contributed by atoms with Crippen molar-refractivity contribution in [2.45, 2.75) is 6.92 Å². The predicted molar refractivity (Wildman–Crippen MR) is 75.6 cm³/mol. The second kappa shape index (κ2) is 4.66. The van der Waals surface area contributed by atoms with Gasteiger partial charge in [0.25, 0.3) is 0 Å². The van der Waals surface area contributed by atoms with Crippen LogP contribution in [0.25, 0.3) is 22.3 Å². The molecule has 0 bridgehead atoms. The number of benzene rings is 1. The minimum atomic E-state index is -1.04. The third-order valence-corrected chi connectivity index (χ3v) is 3.34. The Balaban J connectivity index is 2.32. The first-order chi connectivity index (χ1) is 9.97. The molecule has 3 aromatic rings. The van der Waals surface area contributed by atoms with Crippen molar-refractivity contribution in [1.29, 1.82) is 0 Å². The summed E-state index contributed by atoms with van der Waals surface area (Å²) >= 11 is 0. The van der Waals surface area contributed by atoms with Crippen molar-refractivity contribution in [1.82, 2.24) is 14.8 Å². The molecule has 0 spiro atoms. The Morgan fingerprint density at radius 1 is 1.29 bits per heavy atom. The molecule has 0 aliphatic rings. The van der Waals surface area contributed by atoms with Gasteiger partial charge in [-0.2, -0.15) is 5.10 Å². The molecule has 0 radical (unpaired) electrons. The van der Waals surface area contributed by atoms with Crippen LogP contribution < -0.4 is 0 Å². The number of carboxylic acid groups (broad SMARTS) is 1. The molecule has 6 heteroatoms. The lowest BCUT2D eigenvalue weighted by Crippen LogP contribution is -2.01. The van der Waals surface area contributed by atoms with Crippen molar-refractivity contribution in [2.24, 2.45) is 7.05 Å². The quantitative estimate of drug-likeness (QED) is 0.786. The number of rotatable bonds is 2. The van der Waals surface area contributed by atoms with Crippen LogP contribution in [0.15, 0.2) is 30.3 Å². The van der Waals surface area contributed by atoms with Gasteiger partial charge in [-0.1, -0.05) is 0 Å². The maximum absolute atomic E-state index is 13.0. The monoisotopic (exact) mass is 285 g/mol. The van der Waals surface area contributed by atoms with Gasteiger partial charge in [0, 0.05) is 12.6 Å². The van der Waals surface area contributed by atoms with Crippen LogP contribution in [0.2, 0.25) is 0 Å². The van der Waals surface area contributed by atoms with Crippen molar-refractivity contribution in [3.63, 3.8) is 0 Å². The van der Waals surface area contributed by atoms with E-state index in [0.29, 0.717) is 28.0 Å². The molecule has 3 rings (SSSR count). The lowest BCUT2D eigenvalue weighted by molar-refractivity contribution is 0.0699. The van der Waals surface area contributed by atoms with Crippen molar-refractivity contribution in [3.8, 4) is 11.3 Å². The zero-order valence-corrected chi connectivity index (χ0v) is 11.5. The van der Waals surface area contributed by atoms with E-state index in [0.717, 1.165) is 0 Å². The summed E-state index contributed by atoms with van der Waals surface area (Å²) in [5.74, 6) is -1.39. The normalized spacial score (nSPS) is 11.0. The third kappa shape index (κ3) is 2.14. The van der Waals surface area contributed by atoms with Gasteiger partial charge in [0.2, 0.25) is 0 Å². The highest BCUT2D eigenvalue weighted by atomic mass is 19.1. The minimum Gasteiger partial charge on any atom is -0.478 e. The predicted octanol–water partition coefficient (Wildman–Crippen LogP) is 2.78. The number of halogens is 1. The van der Waals surface area contributed by atoms with Gasteiger partial charge in [-0.3, -0.25) is 4.68 Å². The Labute approximate surface area is 119 Å². The fraction of sp³-hybridized carbons (Fsp3) is 0.133. The van der Waals surface area contributed by atoms with E-state index in [1.54, 1.807) is 30.8 Å². The van der Waals surface area contributed by atoms with Crippen LogP contribution in [0, 0.1) is 12.7 Å². The molecule has 0 atom stereocenters. The van der Waals surface area contributed by atoms with Crippen LogP contribution in [-0.2, 0) is 7.05 Å². The molecular weight excluding hydrogens is 273 g/mol. The average molecular weight is 285 g/mol. The number of pyridine rings is 1. The second-order valence-electron chi connectivity index (χ2n) is 4.77. The summed E-state index contributed by atoms with van der Waals surface area (Å²) in [6.45, 7) is 1.74. The smallest absolute Gasteiger partial charge is 0.336 e. The van der Waals surface area contributed by atoms with Crippen molar-refractivity contribution in [3.05, 3.63) is 47.4 Å². The molecule has 5 nitrogen and oxygen atoms in total. The second-order valence-corrected chi connectivity index (χ2v) is 4.77. The van der Waals surface area contributed by atoms with E-state index in [4.69, 9.17) is 0 Å². The van der Waals surface area contributed by atoms with Gasteiger partial charge in [-0.25, -0.2) is 14.2 Å². The summed E-state index contributed by atoms with van der Waals surface area (Å²) in [6.07, 6.45) is 0. The van der Waals surface area contributed by atoms with Gasteiger partial charge >= 0.3 is 5.97 Å². The van der Waals surface area contributed by atoms with E-state index in [1.165, 1.54) is 18.2 Å². The van der Waals surface area contributed by atoms with Gasteiger partial charge < -0.3 is 5.11 Å². The Morgan fingerprint density at radius 2 is 1.95 bits per heavy atom. The number of nitrogens with zero attached hydrogens (tertiary/aromatic N) is 3. The van der Waals surface area contributed by atoms with Gasteiger partial charge in [0.05, 0.1) is 22.3 Å². The van der Waals surface area contributed by atoms with Crippen molar-refractivity contribution >= 4 is 17.0 Å². The van der Waals surface area contributed by atoms with E-state index >= 15 is 0 Å². The summed E-state index contributed by atoms with van der Waals surface area (Å²) in [5, 5.41) is 14.1. The maximum atomic E-state index is 13.0. The number of aromatic carboxylic acids is 1. The Bertz CT molecular complexity index is 853. The van der Waals surface area contributed by atoms with Crippen LogP contribution in [0.5, 0.6) is 0 Å². The molecule has 0 saturated heterocycles. The lowest BCUT2D eigenvalue weighted by atomic mass is 10.1. The first kappa shape index (κ1) is 13.2. The average Bonchev–Trinajstić information content (AvgIpc) is 2.74. The molecule has 0 fully saturated rings. The maximum Gasteiger partial charge on any atom is 0.336 e. The van der Waals surface area contributed by atoms with E-state index < -0.39 is 5.97 Å². The number of carboxylic acids is 1. The van der Waals surface area contributed by atoms with Crippen molar-refractivity contribution in [2.75, 3.05) is 0 Å². The number of aryl methyl sites for hydroxylation is 2. The number of hydrogen-bond donors (Lipinski definition) is 1. The lowest BCUT2D eigenvalue weighted by Gasteiger charge is -2.05. The zero-order chi connectivity index (χ0) is 15.1. The molecule has 2 heterocycles. The van der Waals surface area contributed by atoms with Gasteiger partial charge in [0.1, 0.15) is 5.82 Å². The highest BCUT2D eigenvalue weighted by Gasteiger charge is 2.18. The molecular formula is C15H12FN3O2. The van der Waals surface area contributed by atoms with E-state index in [9.17, 15) is 14.3 Å². The molecule has 0 aliphatic heterocycles. The third-order valence-electron chi connectivity index (χ3n) is 3.34. The number of carbonyl (C=O) groups is 1. The number of hydrogen-bond acceptors (Lipinski definition) is 3. The summed E-state index contributed by atoms with van der Waals surface area (Å²) in [7, 11) is 1.71. The Morgan fingerprint density at radius 3 is 2.57 bits per heavy atom. The number of aromatic nitrogens is 3. The molecule has 0 amide bonds. The van der Waals surface area contributed by atoms with Crippen LogP contribution >= 0.6 is 0 Å². The highest BCUT2D eigenvalue weighted by molar-refractivity contribution is 6.04.